The maximum Gasteiger partial charge on any atom is 0.490 e. The Kier molecular flexibility index (Phi) is 3.21. The molecule has 1 aromatic heterocycles. The van der Waals surface area contributed by atoms with Gasteiger partial charge in [0.15, 0.2) is 0 Å². The number of carbonyl (C=O) groups is 1. The number of rotatable bonds is 3. The van der Waals surface area contributed by atoms with Gasteiger partial charge in [-0.25, -0.2) is 0 Å². The van der Waals surface area contributed by atoms with E-state index < -0.39 is 13.1 Å². The van der Waals surface area contributed by atoms with Gasteiger partial charge in [0.05, 0.1) is 12.1 Å². The van der Waals surface area contributed by atoms with E-state index in [9.17, 15) is 4.79 Å². The summed E-state index contributed by atoms with van der Waals surface area (Å²) in [6.07, 6.45) is -0.164. The summed E-state index contributed by atoms with van der Waals surface area (Å²) in [5.74, 6) is -0.964. The van der Waals surface area contributed by atoms with Crippen LogP contribution in [0.4, 0.5) is 0 Å². The third-order valence-corrected chi connectivity index (χ3v) is 1.79. The molecule has 0 atom stereocenters. The van der Waals surface area contributed by atoms with Gasteiger partial charge in [0.2, 0.25) is 0 Å². The van der Waals surface area contributed by atoms with Crippen LogP contribution in [0.5, 0.6) is 0 Å². The minimum Gasteiger partial charge on any atom is -0.481 e. The molecule has 1 aromatic rings. The Morgan fingerprint density at radius 3 is 2.57 bits per heavy atom. The first kappa shape index (κ1) is 10.7. The van der Waals surface area contributed by atoms with Gasteiger partial charge < -0.3 is 15.2 Å². The van der Waals surface area contributed by atoms with Crippen LogP contribution in [-0.2, 0) is 11.2 Å². The van der Waals surface area contributed by atoms with E-state index in [1.54, 1.807) is 6.92 Å². The number of aryl methyl sites for hydroxylation is 1. The van der Waals surface area contributed by atoms with Crippen LogP contribution in [0.25, 0.3) is 0 Å². The normalized spacial score (nSPS) is 9.93. The van der Waals surface area contributed by atoms with Gasteiger partial charge in [0, 0.05) is 11.2 Å². The Morgan fingerprint density at radius 2 is 2.14 bits per heavy atom. The molecule has 0 spiro atoms. The third-order valence-electron chi connectivity index (χ3n) is 1.79. The first-order chi connectivity index (χ1) is 6.50. The highest BCUT2D eigenvalue weighted by atomic mass is 16.4. The smallest absolute Gasteiger partial charge is 0.481 e. The van der Waals surface area contributed by atoms with Crippen molar-refractivity contribution in [2.45, 2.75) is 13.3 Å². The minimum atomic E-state index is -1.57. The number of carboxylic acid groups (broad SMARTS) is 1. The van der Waals surface area contributed by atoms with E-state index in [-0.39, 0.29) is 6.42 Å². The molecule has 0 saturated heterocycles. The second-order valence-corrected chi connectivity index (χ2v) is 2.92. The molecule has 1 heterocycles. The van der Waals surface area contributed by atoms with E-state index in [1.165, 1.54) is 12.1 Å². The molecule has 74 valence electrons. The first-order valence-electron chi connectivity index (χ1n) is 4.05. The van der Waals surface area contributed by atoms with Crippen molar-refractivity contribution in [2.75, 3.05) is 0 Å². The van der Waals surface area contributed by atoms with Crippen molar-refractivity contribution >= 4 is 18.6 Å². The fourth-order valence-electron chi connectivity index (χ4n) is 1.15. The van der Waals surface area contributed by atoms with Crippen molar-refractivity contribution < 1.29 is 19.9 Å². The van der Waals surface area contributed by atoms with E-state index in [0.717, 1.165) is 0 Å². The van der Waals surface area contributed by atoms with Crippen molar-refractivity contribution in [2.24, 2.45) is 0 Å². The summed E-state index contributed by atoms with van der Waals surface area (Å²) >= 11 is 0. The fraction of sp³-hybridized carbons (Fsp3) is 0.250. The van der Waals surface area contributed by atoms with Crippen molar-refractivity contribution in [1.82, 2.24) is 4.98 Å². The highest BCUT2D eigenvalue weighted by Gasteiger charge is 2.15. The number of hydrogen-bond acceptors (Lipinski definition) is 4. The molecule has 0 amide bonds. The molecule has 0 fully saturated rings. The number of carboxylic acids is 1. The Bertz CT molecular complexity index is 353. The van der Waals surface area contributed by atoms with Gasteiger partial charge in [-0.1, -0.05) is 6.07 Å². The van der Waals surface area contributed by atoms with Crippen LogP contribution >= 0.6 is 0 Å². The quantitative estimate of drug-likeness (QED) is 0.521. The summed E-state index contributed by atoms with van der Waals surface area (Å²) in [6, 6.07) is 2.93. The molecule has 5 nitrogen and oxygen atoms in total. The monoisotopic (exact) mass is 195 g/mol. The summed E-state index contributed by atoms with van der Waals surface area (Å²) in [6.45, 7) is 1.60. The van der Waals surface area contributed by atoms with Crippen molar-refractivity contribution in [3.8, 4) is 0 Å². The molecule has 0 saturated carbocycles. The topological polar surface area (TPSA) is 90.7 Å². The average molecular weight is 195 g/mol. The molecular weight excluding hydrogens is 185 g/mol. The van der Waals surface area contributed by atoms with Crippen molar-refractivity contribution in [1.29, 1.82) is 0 Å². The maximum atomic E-state index is 10.4. The van der Waals surface area contributed by atoms with E-state index in [4.69, 9.17) is 15.2 Å². The van der Waals surface area contributed by atoms with E-state index in [1.807, 2.05) is 0 Å². The zero-order valence-electron chi connectivity index (χ0n) is 7.64. The first-order valence-corrected chi connectivity index (χ1v) is 4.05. The van der Waals surface area contributed by atoms with Gasteiger partial charge in [-0.05, 0) is 13.0 Å². The Labute approximate surface area is 81.2 Å². The zero-order valence-corrected chi connectivity index (χ0v) is 7.64. The van der Waals surface area contributed by atoms with Gasteiger partial charge >= 0.3 is 13.1 Å². The molecule has 0 aromatic carbocycles. The van der Waals surface area contributed by atoms with Crippen LogP contribution in [0.3, 0.4) is 0 Å². The Hall–Kier alpha value is -1.40. The van der Waals surface area contributed by atoms with Gasteiger partial charge in [0.25, 0.3) is 0 Å². The van der Waals surface area contributed by atoms with Crippen molar-refractivity contribution in [3.63, 3.8) is 0 Å². The van der Waals surface area contributed by atoms with Gasteiger partial charge in [-0.3, -0.25) is 9.78 Å². The van der Waals surface area contributed by atoms with Gasteiger partial charge in [-0.2, -0.15) is 0 Å². The highest BCUT2D eigenvalue weighted by Crippen LogP contribution is 1.98. The van der Waals surface area contributed by atoms with Gasteiger partial charge in [0.1, 0.15) is 0 Å². The number of aromatic nitrogens is 1. The molecule has 6 heteroatoms. The number of pyridine rings is 1. The third kappa shape index (κ3) is 2.55. The van der Waals surface area contributed by atoms with Crippen molar-refractivity contribution in [3.05, 3.63) is 23.5 Å². The van der Waals surface area contributed by atoms with Gasteiger partial charge in [-0.15, -0.1) is 0 Å². The molecule has 1 rings (SSSR count). The molecule has 0 unspecified atom stereocenters. The molecule has 0 radical (unpaired) electrons. The summed E-state index contributed by atoms with van der Waals surface area (Å²) < 4.78 is 0. The largest absolute Gasteiger partial charge is 0.490 e. The molecule has 0 aliphatic rings. The lowest BCUT2D eigenvalue weighted by molar-refractivity contribution is -0.136. The lowest BCUT2D eigenvalue weighted by atomic mass is 9.79. The van der Waals surface area contributed by atoms with Crippen LogP contribution < -0.4 is 5.46 Å². The standard InChI is InChI=1S/C8H10BNO4/c1-5-7(9(13)14)3-2-6(10-5)4-8(11)12/h2-3,13-14H,4H2,1H3,(H,11,12). The number of aliphatic carboxylic acids is 1. The summed E-state index contributed by atoms with van der Waals surface area (Å²) in [7, 11) is -1.57. The minimum absolute atomic E-state index is 0.164. The Morgan fingerprint density at radius 1 is 1.50 bits per heavy atom. The predicted molar refractivity (Wildman–Crippen MR) is 50.1 cm³/mol. The highest BCUT2D eigenvalue weighted by molar-refractivity contribution is 6.59. The zero-order chi connectivity index (χ0) is 10.7. The number of hydrogen-bond donors (Lipinski definition) is 3. The maximum absolute atomic E-state index is 10.4. The molecule has 3 N–H and O–H groups in total. The lowest BCUT2D eigenvalue weighted by Crippen LogP contribution is -2.33. The molecule has 14 heavy (non-hydrogen) atoms. The van der Waals surface area contributed by atoms with Crippen LogP contribution in [-0.4, -0.2) is 33.2 Å². The van der Waals surface area contributed by atoms with E-state index >= 15 is 0 Å². The Balaban J connectivity index is 2.94. The van der Waals surface area contributed by atoms with Crippen LogP contribution in [0.15, 0.2) is 12.1 Å². The van der Waals surface area contributed by atoms with Crippen LogP contribution in [0.2, 0.25) is 0 Å². The number of nitrogens with zero attached hydrogens (tertiary/aromatic N) is 1. The second-order valence-electron chi connectivity index (χ2n) is 2.92. The predicted octanol–water partition coefficient (Wildman–Crippen LogP) is -1.30. The van der Waals surface area contributed by atoms with E-state index in [2.05, 4.69) is 4.98 Å². The summed E-state index contributed by atoms with van der Waals surface area (Å²) in [5.41, 5.74) is 1.12. The molecule has 0 bridgehead atoms. The molecule has 0 aliphatic carbocycles. The molecule has 0 aliphatic heterocycles. The lowest BCUT2D eigenvalue weighted by Gasteiger charge is -2.04. The second kappa shape index (κ2) is 4.21. The SMILES string of the molecule is Cc1nc(CC(=O)O)ccc1B(O)O. The summed E-state index contributed by atoms with van der Waals surface area (Å²) in [4.78, 5) is 14.3. The van der Waals surface area contributed by atoms with E-state index in [0.29, 0.717) is 16.9 Å². The summed E-state index contributed by atoms with van der Waals surface area (Å²) in [5, 5.41) is 26.3. The van der Waals surface area contributed by atoms with Crippen LogP contribution in [0.1, 0.15) is 11.4 Å². The van der Waals surface area contributed by atoms with Crippen LogP contribution in [0, 0.1) is 6.92 Å². The average Bonchev–Trinajstić information content (AvgIpc) is 2.01. The molecular formula is C8H10BNO4. The fourth-order valence-corrected chi connectivity index (χ4v) is 1.15.